The van der Waals surface area contributed by atoms with E-state index in [0.29, 0.717) is 18.8 Å². The van der Waals surface area contributed by atoms with Gasteiger partial charge in [0.25, 0.3) is 0 Å². The first-order valence-electron chi connectivity index (χ1n) is 8.00. The van der Waals surface area contributed by atoms with Gasteiger partial charge in [-0.05, 0) is 18.5 Å². The van der Waals surface area contributed by atoms with Gasteiger partial charge in [-0.3, -0.25) is 9.59 Å². The molecule has 1 aromatic rings. The Morgan fingerprint density at radius 1 is 1.23 bits per heavy atom. The highest BCUT2D eigenvalue weighted by Crippen LogP contribution is 2.20. The summed E-state index contributed by atoms with van der Waals surface area (Å²) in [4.78, 5) is 26.7. The molecule has 1 aromatic carbocycles. The summed E-state index contributed by atoms with van der Waals surface area (Å²) in [5.41, 5.74) is 0.997. The molecule has 4 heteroatoms. The van der Waals surface area contributed by atoms with Gasteiger partial charge in [0.05, 0.1) is 18.4 Å². The van der Waals surface area contributed by atoms with Crippen LogP contribution < -0.4 is 5.32 Å². The molecular weight excluding hydrogens is 276 g/mol. The molecule has 0 saturated carbocycles. The molecule has 0 aromatic heterocycles. The summed E-state index contributed by atoms with van der Waals surface area (Å²) < 4.78 is 0. The van der Waals surface area contributed by atoms with Gasteiger partial charge >= 0.3 is 0 Å². The molecule has 1 aliphatic rings. The highest BCUT2D eigenvalue weighted by atomic mass is 16.2. The average Bonchev–Trinajstić information content (AvgIpc) is 2.79. The third-order valence-electron chi connectivity index (χ3n) is 4.08. The molecule has 22 heavy (non-hydrogen) atoms. The van der Waals surface area contributed by atoms with Crippen molar-refractivity contribution >= 4 is 11.7 Å². The van der Waals surface area contributed by atoms with Gasteiger partial charge in [-0.15, -0.1) is 0 Å². The summed E-state index contributed by atoms with van der Waals surface area (Å²) in [7, 11) is 2.00. The number of nitrogens with zero attached hydrogens (tertiary/aromatic N) is 1. The monoisotopic (exact) mass is 302 g/mol. The van der Waals surface area contributed by atoms with Crippen LogP contribution >= 0.6 is 0 Å². The van der Waals surface area contributed by atoms with Crippen LogP contribution in [0.4, 0.5) is 0 Å². The summed E-state index contributed by atoms with van der Waals surface area (Å²) in [6.07, 6.45) is 0.954. The van der Waals surface area contributed by atoms with Gasteiger partial charge in [0.2, 0.25) is 5.91 Å². The van der Waals surface area contributed by atoms with Crippen molar-refractivity contribution in [1.82, 2.24) is 10.2 Å². The number of likely N-dealkylation sites (N-methyl/N-ethyl adjacent to an activating group) is 1. The zero-order valence-electron chi connectivity index (χ0n) is 13.7. The first kappa shape index (κ1) is 16.7. The third kappa shape index (κ3) is 4.67. The molecular formula is C18H26N2O2. The number of ketones is 1. The molecule has 2 rings (SSSR count). The van der Waals surface area contributed by atoms with Crippen LogP contribution in [0.1, 0.15) is 25.8 Å². The molecule has 1 amide bonds. The Bertz CT molecular complexity index is 513. The lowest BCUT2D eigenvalue weighted by molar-refractivity contribution is -0.125. The SMILES string of the molecule is CC(C)CC(=O)C1CN(C)CC1NC(=O)Cc1ccccc1. The standard InChI is InChI=1S/C18H26N2O2/c1-13(2)9-17(21)15-11-20(3)12-16(15)19-18(22)10-14-7-5-4-6-8-14/h4-8,13,15-16H,9-12H2,1-3H3,(H,19,22). The van der Waals surface area contributed by atoms with E-state index in [0.717, 1.165) is 18.7 Å². The lowest BCUT2D eigenvalue weighted by Crippen LogP contribution is -2.43. The second-order valence-electron chi connectivity index (χ2n) is 6.73. The quantitative estimate of drug-likeness (QED) is 0.873. The molecule has 1 heterocycles. The number of nitrogens with one attached hydrogen (secondary N) is 1. The van der Waals surface area contributed by atoms with Crippen LogP contribution in [0.5, 0.6) is 0 Å². The predicted molar refractivity (Wildman–Crippen MR) is 87.5 cm³/mol. The van der Waals surface area contributed by atoms with E-state index in [-0.39, 0.29) is 23.7 Å². The molecule has 1 N–H and O–H groups in total. The van der Waals surface area contributed by atoms with Gasteiger partial charge in [-0.1, -0.05) is 44.2 Å². The van der Waals surface area contributed by atoms with Gasteiger partial charge < -0.3 is 10.2 Å². The summed E-state index contributed by atoms with van der Waals surface area (Å²) in [6.45, 7) is 5.59. The molecule has 2 unspecified atom stereocenters. The number of benzene rings is 1. The Hall–Kier alpha value is -1.68. The minimum absolute atomic E-state index is 0.00570. The van der Waals surface area contributed by atoms with Crippen LogP contribution in [0.15, 0.2) is 30.3 Å². The molecule has 1 saturated heterocycles. The third-order valence-corrected chi connectivity index (χ3v) is 4.08. The lowest BCUT2D eigenvalue weighted by atomic mass is 9.92. The van der Waals surface area contributed by atoms with Crippen LogP contribution in [0.3, 0.4) is 0 Å². The molecule has 0 radical (unpaired) electrons. The summed E-state index contributed by atoms with van der Waals surface area (Å²) in [6, 6.07) is 9.63. The van der Waals surface area contributed by atoms with Crippen molar-refractivity contribution in [1.29, 1.82) is 0 Å². The van der Waals surface area contributed by atoms with Gasteiger partial charge in [0.15, 0.2) is 0 Å². The largest absolute Gasteiger partial charge is 0.351 e. The number of carbonyl (C=O) groups excluding carboxylic acids is 2. The van der Waals surface area contributed by atoms with Crippen molar-refractivity contribution in [3.63, 3.8) is 0 Å². The summed E-state index contributed by atoms with van der Waals surface area (Å²) >= 11 is 0. The van der Waals surface area contributed by atoms with E-state index in [1.54, 1.807) is 0 Å². The molecule has 1 fully saturated rings. The van der Waals surface area contributed by atoms with Crippen molar-refractivity contribution in [3.8, 4) is 0 Å². The Balaban J connectivity index is 1.94. The maximum Gasteiger partial charge on any atom is 0.224 e. The van der Waals surface area contributed by atoms with Crippen LogP contribution in [0.25, 0.3) is 0 Å². The van der Waals surface area contributed by atoms with E-state index >= 15 is 0 Å². The van der Waals surface area contributed by atoms with Crippen LogP contribution in [-0.2, 0) is 16.0 Å². The maximum absolute atomic E-state index is 12.4. The van der Waals surface area contributed by atoms with Crippen molar-refractivity contribution in [2.24, 2.45) is 11.8 Å². The summed E-state index contributed by atoms with van der Waals surface area (Å²) in [5.74, 6) is 0.546. The smallest absolute Gasteiger partial charge is 0.224 e. The van der Waals surface area contributed by atoms with E-state index in [4.69, 9.17) is 0 Å². The van der Waals surface area contributed by atoms with Gasteiger partial charge in [-0.2, -0.15) is 0 Å². The van der Waals surface area contributed by atoms with E-state index in [9.17, 15) is 9.59 Å². The fourth-order valence-electron chi connectivity index (χ4n) is 3.07. The first-order valence-corrected chi connectivity index (χ1v) is 8.00. The Kier molecular flexibility index (Phi) is 5.72. The van der Waals surface area contributed by atoms with E-state index in [1.165, 1.54) is 0 Å². The van der Waals surface area contributed by atoms with Gasteiger partial charge in [-0.25, -0.2) is 0 Å². The molecule has 120 valence electrons. The Morgan fingerprint density at radius 2 is 1.91 bits per heavy atom. The maximum atomic E-state index is 12.4. The normalized spacial score (nSPS) is 22.0. The van der Waals surface area contributed by atoms with Gasteiger partial charge in [0.1, 0.15) is 5.78 Å². The molecule has 4 nitrogen and oxygen atoms in total. The van der Waals surface area contributed by atoms with Gasteiger partial charge in [0, 0.05) is 19.5 Å². The first-order chi connectivity index (χ1) is 10.5. The number of rotatable bonds is 6. The minimum Gasteiger partial charge on any atom is -0.351 e. The molecule has 0 spiro atoms. The highest BCUT2D eigenvalue weighted by Gasteiger charge is 2.36. The average molecular weight is 302 g/mol. The molecule has 2 atom stereocenters. The van der Waals surface area contributed by atoms with E-state index < -0.39 is 0 Å². The Morgan fingerprint density at radius 3 is 2.55 bits per heavy atom. The van der Waals surface area contributed by atoms with Crippen molar-refractivity contribution < 1.29 is 9.59 Å². The number of amides is 1. The van der Waals surface area contributed by atoms with E-state index in [2.05, 4.69) is 24.1 Å². The second kappa shape index (κ2) is 7.54. The number of hydrogen-bond donors (Lipinski definition) is 1. The fourth-order valence-corrected chi connectivity index (χ4v) is 3.07. The van der Waals surface area contributed by atoms with Crippen molar-refractivity contribution in [2.75, 3.05) is 20.1 Å². The van der Waals surface area contributed by atoms with Crippen LogP contribution in [-0.4, -0.2) is 42.8 Å². The van der Waals surface area contributed by atoms with Crippen LogP contribution in [0.2, 0.25) is 0 Å². The molecule has 0 aliphatic carbocycles. The number of carbonyl (C=O) groups is 2. The topological polar surface area (TPSA) is 49.4 Å². The van der Waals surface area contributed by atoms with Crippen molar-refractivity contribution in [3.05, 3.63) is 35.9 Å². The van der Waals surface area contributed by atoms with E-state index in [1.807, 2.05) is 37.4 Å². The minimum atomic E-state index is -0.0767. The zero-order chi connectivity index (χ0) is 16.1. The lowest BCUT2D eigenvalue weighted by Gasteiger charge is -2.20. The number of hydrogen-bond acceptors (Lipinski definition) is 3. The number of likely N-dealkylation sites (tertiary alicyclic amines) is 1. The number of Topliss-reactive ketones (excluding diaryl/α,β-unsaturated/α-hetero) is 1. The van der Waals surface area contributed by atoms with Crippen molar-refractivity contribution in [2.45, 2.75) is 32.7 Å². The zero-order valence-corrected chi connectivity index (χ0v) is 13.7. The molecule has 0 bridgehead atoms. The van der Waals surface area contributed by atoms with Crippen LogP contribution in [0, 0.1) is 11.8 Å². The summed E-state index contributed by atoms with van der Waals surface area (Å²) in [5, 5.41) is 3.06. The Labute approximate surface area is 132 Å². The fraction of sp³-hybridized carbons (Fsp3) is 0.556. The molecule has 1 aliphatic heterocycles. The second-order valence-corrected chi connectivity index (χ2v) is 6.73. The predicted octanol–water partition coefficient (Wildman–Crippen LogP) is 1.89. The highest BCUT2D eigenvalue weighted by molar-refractivity contribution is 5.84.